The van der Waals surface area contributed by atoms with Gasteiger partial charge < -0.3 is 26.5 Å². The van der Waals surface area contributed by atoms with E-state index in [1.165, 1.54) is 19.3 Å². The Morgan fingerprint density at radius 3 is 2.28 bits per heavy atom. The number of nitrogens with one attached hydrogen (secondary N) is 4. The van der Waals surface area contributed by atoms with Crippen molar-refractivity contribution in [1.82, 2.24) is 16.0 Å². The van der Waals surface area contributed by atoms with Crippen LogP contribution in [0.4, 0.5) is 0 Å². The third-order valence-corrected chi connectivity index (χ3v) is 4.62. The molecule has 8 heteroatoms. The molecule has 0 fully saturated rings. The van der Waals surface area contributed by atoms with Crippen LogP contribution in [0.15, 0.2) is 0 Å². The smallest absolute Gasteiger partial charge is 0.243 e. The molecule has 2 atom stereocenters. The molecule has 0 aliphatic carbocycles. The number of amides is 2. The Balaban J connectivity index is 4.46. The summed E-state index contributed by atoms with van der Waals surface area (Å²) in [5.41, 5.74) is 5.21. The largest absolute Gasteiger partial charge is 0.370 e. The molecule has 6 N–H and O–H groups in total. The summed E-state index contributed by atoms with van der Waals surface area (Å²) in [5, 5.41) is 15.3. The Morgan fingerprint density at radius 2 is 1.69 bits per heavy atom. The SMILES string of the molecule is CCCCCCCCC(=O)N[C@@H](CC(C)C)C(=O)N[C@H](C=O)CCCNC(=N)N. The molecule has 0 saturated heterocycles. The molecule has 0 radical (unpaired) electrons. The summed E-state index contributed by atoms with van der Waals surface area (Å²) < 4.78 is 0. The minimum absolute atomic E-state index is 0.116. The van der Waals surface area contributed by atoms with Crippen molar-refractivity contribution in [3.63, 3.8) is 0 Å². The number of nitrogens with two attached hydrogens (primary N) is 1. The second kappa shape index (κ2) is 16.8. The van der Waals surface area contributed by atoms with Crippen molar-refractivity contribution in [3.05, 3.63) is 0 Å². The van der Waals surface area contributed by atoms with E-state index in [1.54, 1.807) is 0 Å². The van der Waals surface area contributed by atoms with Crippen molar-refractivity contribution in [2.24, 2.45) is 11.7 Å². The van der Waals surface area contributed by atoms with Gasteiger partial charge in [0.15, 0.2) is 5.96 Å². The number of carbonyl (C=O) groups is 3. The lowest BCUT2D eigenvalue weighted by atomic mass is 10.0. The molecule has 0 aliphatic rings. The van der Waals surface area contributed by atoms with Crippen LogP contribution in [0, 0.1) is 11.3 Å². The highest BCUT2D eigenvalue weighted by atomic mass is 16.2. The van der Waals surface area contributed by atoms with E-state index >= 15 is 0 Å². The van der Waals surface area contributed by atoms with E-state index in [9.17, 15) is 14.4 Å². The van der Waals surface area contributed by atoms with Gasteiger partial charge >= 0.3 is 0 Å². The van der Waals surface area contributed by atoms with Crippen LogP contribution in [-0.4, -0.2) is 42.7 Å². The Morgan fingerprint density at radius 1 is 1.03 bits per heavy atom. The third-order valence-electron chi connectivity index (χ3n) is 4.62. The monoisotopic (exact) mass is 411 g/mol. The average molecular weight is 412 g/mol. The number of hydrogen-bond donors (Lipinski definition) is 5. The van der Waals surface area contributed by atoms with Gasteiger partial charge in [0.1, 0.15) is 12.3 Å². The number of aldehydes is 1. The maximum absolute atomic E-state index is 12.6. The molecule has 2 amide bonds. The van der Waals surface area contributed by atoms with Gasteiger partial charge in [0, 0.05) is 13.0 Å². The van der Waals surface area contributed by atoms with Gasteiger partial charge in [-0.1, -0.05) is 52.9 Å². The Hall–Kier alpha value is -2.12. The van der Waals surface area contributed by atoms with Gasteiger partial charge in [0.2, 0.25) is 11.8 Å². The fraction of sp³-hybridized carbons (Fsp3) is 0.810. The van der Waals surface area contributed by atoms with E-state index < -0.39 is 12.1 Å². The fourth-order valence-corrected chi connectivity index (χ4v) is 3.04. The van der Waals surface area contributed by atoms with Gasteiger partial charge in [-0.15, -0.1) is 0 Å². The predicted octanol–water partition coefficient (Wildman–Crippen LogP) is 2.21. The van der Waals surface area contributed by atoms with Crippen molar-refractivity contribution in [2.75, 3.05) is 6.54 Å². The number of carbonyl (C=O) groups excluding carboxylic acids is 3. The number of hydrogen-bond acceptors (Lipinski definition) is 4. The third kappa shape index (κ3) is 15.5. The lowest BCUT2D eigenvalue weighted by molar-refractivity contribution is -0.130. The van der Waals surface area contributed by atoms with Gasteiger partial charge in [0.05, 0.1) is 6.04 Å². The van der Waals surface area contributed by atoms with Crippen molar-refractivity contribution in [1.29, 1.82) is 5.41 Å². The first-order valence-corrected chi connectivity index (χ1v) is 10.9. The fourth-order valence-electron chi connectivity index (χ4n) is 3.04. The zero-order chi connectivity index (χ0) is 22.1. The maximum atomic E-state index is 12.6. The van der Waals surface area contributed by atoms with Crippen molar-refractivity contribution in [3.8, 4) is 0 Å². The van der Waals surface area contributed by atoms with Gasteiger partial charge in [-0.05, 0) is 31.6 Å². The van der Waals surface area contributed by atoms with Crippen molar-refractivity contribution < 1.29 is 14.4 Å². The molecule has 0 spiro atoms. The number of unbranched alkanes of at least 4 members (excludes halogenated alkanes) is 5. The van der Waals surface area contributed by atoms with Crippen molar-refractivity contribution in [2.45, 2.75) is 97.1 Å². The molecule has 0 saturated carbocycles. The molecule has 0 rings (SSSR count). The summed E-state index contributed by atoms with van der Waals surface area (Å²) in [5.74, 6) is -0.336. The standard InChI is InChI=1S/C21H41N5O3/c1-4-5-6-7-8-9-12-19(28)26-18(14-16(2)3)20(29)25-17(15-27)11-10-13-24-21(22)23/h15-18H,4-14H2,1-3H3,(H,25,29)(H,26,28)(H4,22,23,24)/t17-,18-/m0/s1. The summed E-state index contributed by atoms with van der Waals surface area (Å²) >= 11 is 0. The van der Waals surface area contributed by atoms with Crippen molar-refractivity contribution >= 4 is 24.1 Å². The Kier molecular flexibility index (Phi) is 15.6. The summed E-state index contributed by atoms with van der Waals surface area (Å²) in [6.45, 7) is 6.61. The predicted molar refractivity (Wildman–Crippen MR) is 117 cm³/mol. The highest BCUT2D eigenvalue weighted by Crippen LogP contribution is 2.09. The molecule has 0 aliphatic heterocycles. The minimum Gasteiger partial charge on any atom is -0.370 e. The lowest BCUT2D eigenvalue weighted by Gasteiger charge is -2.22. The zero-order valence-corrected chi connectivity index (χ0v) is 18.4. The van der Waals surface area contributed by atoms with Crippen LogP contribution < -0.4 is 21.7 Å². The minimum atomic E-state index is -0.639. The topological polar surface area (TPSA) is 137 Å². The van der Waals surface area contributed by atoms with Gasteiger partial charge in [-0.3, -0.25) is 15.0 Å². The molecule has 0 heterocycles. The lowest BCUT2D eigenvalue weighted by Crippen LogP contribution is -2.50. The average Bonchev–Trinajstić information content (AvgIpc) is 2.65. The van der Waals surface area contributed by atoms with E-state index in [-0.39, 0.29) is 23.7 Å². The van der Waals surface area contributed by atoms with Crippen LogP contribution in [0.5, 0.6) is 0 Å². The van der Waals surface area contributed by atoms with E-state index in [1.807, 2.05) is 13.8 Å². The maximum Gasteiger partial charge on any atom is 0.243 e. The van der Waals surface area contributed by atoms with E-state index in [2.05, 4.69) is 22.9 Å². The highest BCUT2D eigenvalue weighted by Gasteiger charge is 2.23. The molecule has 29 heavy (non-hydrogen) atoms. The van der Waals surface area contributed by atoms with Gasteiger partial charge in [0.25, 0.3) is 0 Å². The van der Waals surface area contributed by atoms with Gasteiger partial charge in [-0.2, -0.15) is 0 Å². The first kappa shape index (κ1) is 26.9. The van der Waals surface area contributed by atoms with Crippen LogP contribution in [0.25, 0.3) is 0 Å². The molecule has 0 aromatic rings. The molecule has 0 aromatic carbocycles. The molecular formula is C21H41N5O3. The summed E-state index contributed by atoms with van der Waals surface area (Å²) in [4.78, 5) is 36.2. The number of rotatable bonds is 17. The van der Waals surface area contributed by atoms with Crippen LogP contribution >= 0.6 is 0 Å². The molecule has 0 unspecified atom stereocenters. The van der Waals surface area contributed by atoms with Crippen LogP contribution in [0.3, 0.4) is 0 Å². The zero-order valence-electron chi connectivity index (χ0n) is 18.4. The van der Waals surface area contributed by atoms with Crippen LogP contribution in [-0.2, 0) is 14.4 Å². The Labute approximate surface area is 175 Å². The van der Waals surface area contributed by atoms with E-state index in [0.717, 1.165) is 19.3 Å². The van der Waals surface area contributed by atoms with Crippen LogP contribution in [0.1, 0.15) is 85.0 Å². The highest BCUT2D eigenvalue weighted by molar-refractivity contribution is 5.89. The Bertz CT molecular complexity index is 497. The number of guanidine groups is 1. The summed E-state index contributed by atoms with van der Waals surface area (Å²) in [6, 6.07) is -1.26. The molecule has 0 bridgehead atoms. The first-order chi connectivity index (χ1) is 13.8. The summed E-state index contributed by atoms with van der Waals surface area (Å²) in [6.07, 6.45) is 9.28. The van der Waals surface area contributed by atoms with E-state index in [0.29, 0.717) is 38.5 Å². The second-order valence-electron chi connectivity index (χ2n) is 8.00. The first-order valence-electron chi connectivity index (χ1n) is 10.9. The second-order valence-corrected chi connectivity index (χ2v) is 8.00. The summed E-state index contributed by atoms with van der Waals surface area (Å²) in [7, 11) is 0. The van der Waals surface area contributed by atoms with Crippen LogP contribution in [0.2, 0.25) is 0 Å². The molecule has 0 aromatic heterocycles. The molecule has 168 valence electrons. The van der Waals surface area contributed by atoms with E-state index in [4.69, 9.17) is 11.1 Å². The quantitative estimate of drug-likeness (QED) is 0.108. The normalized spacial score (nSPS) is 12.8. The van der Waals surface area contributed by atoms with Gasteiger partial charge in [-0.25, -0.2) is 0 Å². The molecule has 8 nitrogen and oxygen atoms in total. The molecular weight excluding hydrogens is 370 g/mol.